The van der Waals surface area contributed by atoms with Crippen molar-refractivity contribution < 1.29 is 15.3 Å². The average molecular weight is 250 g/mol. The molecular formula is C13H14O3S. The number of aliphatic hydroxyl groups is 2. The molecule has 0 radical (unpaired) electrons. The van der Waals surface area contributed by atoms with Gasteiger partial charge in [0.15, 0.2) is 0 Å². The van der Waals surface area contributed by atoms with Crippen LogP contribution in [0.15, 0.2) is 36.4 Å². The van der Waals surface area contributed by atoms with Crippen LogP contribution >= 0.6 is 12.6 Å². The first-order valence-corrected chi connectivity index (χ1v) is 5.96. The van der Waals surface area contributed by atoms with Gasteiger partial charge in [-0.15, -0.1) is 0 Å². The number of aliphatic hydroxyl groups excluding tert-OH is 2. The summed E-state index contributed by atoms with van der Waals surface area (Å²) in [5, 5.41) is 31.1. The molecule has 3 N–H and O–H groups in total. The molecule has 0 saturated heterocycles. The van der Waals surface area contributed by atoms with Gasteiger partial charge < -0.3 is 15.3 Å². The summed E-state index contributed by atoms with van der Waals surface area (Å²) in [5.41, 5.74) is 0.352. The highest BCUT2D eigenvalue weighted by Gasteiger charge is 2.22. The minimum absolute atomic E-state index is 0.0166. The molecule has 90 valence electrons. The lowest BCUT2D eigenvalue weighted by Crippen LogP contribution is -2.20. The molecule has 2 rings (SSSR count). The van der Waals surface area contributed by atoms with E-state index in [1.165, 1.54) is 6.07 Å². The van der Waals surface area contributed by atoms with E-state index >= 15 is 0 Å². The van der Waals surface area contributed by atoms with Gasteiger partial charge in [-0.3, -0.25) is 0 Å². The second-order valence-corrected chi connectivity index (χ2v) is 4.28. The number of hydrogen-bond donors (Lipinski definition) is 4. The zero-order chi connectivity index (χ0) is 12.4. The van der Waals surface area contributed by atoms with E-state index in [1.807, 2.05) is 18.2 Å². The lowest BCUT2D eigenvalue weighted by Gasteiger charge is -2.19. The van der Waals surface area contributed by atoms with E-state index in [4.69, 9.17) is 0 Å². The molecule has 3 nitrogen and oxygen atoms in total. The maximum absolute atomic E-state index is 10.0. The number of phenolic OH excluding ortho intramolecular Hbond substituents is 1. The minimum Gasteiger partial charge on any atom is -0.508 e. The minimum atomic E-state index is -1.14. The van der Waals surface area contributed by atoms with Crippen LogP contribution in [0.5, 0.6) is 5.75 Å². The number of benzene rings is 2. The zero-order valence-corrected chi connectivity index (χ0v) is 10.0. The number of phenols is 1. The fraction of sp³-hybridized carbons (Fsp3) is 0.231. The highest BCUT2D eigenvalue weighted by atomic mass is 32.1. The normalized spacial score (nSPS) is 14.8. The van der Waals surface area contributed by atoms with Crippen LogP contribution in [-0.4, -0.2) is 27.2 Å². The molecule has 2 atom stereocenters. The summed E-state index contributed by atoms with van der Waals surface area (Å²) >= 11 is 3.94. The van der Waals surface area contributed by atoms with E-state index in [-0.39, 0.29) is 11.5 Å². The number of hydrogen-bond acceptors (Lipinski definition) is 4. The lowest BCUT2D eigenvalue weighted by molar-refractivity contribution is 0.0332. The molecule has 0 aliphatic heterocycles. The topological polar surface area (TPSA) is 60.7 Å². The average Bonchev–Trinajstić information content (AvgIpc) is 2.37. The van der Waals surface area contributed by atoms with Gasteiger partial charge in [0.25, 0.3) is 0 Å². The van der Waals surface area contributed by atoms with Crippen molar-refractivity contribution in [3.8, 4) is 5.75 Å². The first kappa shape index (κ1) is 12.2. The second kappa shape index (κ2) is 4.96. The quantitative estimate of drug-likeness (QED) is 0.629. The molecule has 2 unspecified atom stereocenters. The maximum Gasteiger partial charge on any atom is 0.122 e. The van der Waals surface area contributed by atoms with Gasteiger partial charge in [-0.1, -0.05) is 30.3 Å². The Labute approximate surface area is 105 Å². The summed E-state index contributed by atoms with van der Waals surface area (Å²) in [6, 6.07) is 10.7. The molecule has 0 heterocycles. The Morgan fingerprint density at radius 3 is 2.47 bits per heavy atom. The summed E-state index contributed by atoms with van der Waals surface area (Å²) < 4.78 is 0. The van der Waals surface area contributed by atoms with E-state index < -0.39 is 12.2 Å². The van der Waals surface area contributed by atoms with Crippen LogP contribution in [0.1, 0.15) is 11.7 Å². The van der Waals surface area contributed by atoms with Crippen LogP contribution in [0, 0.1) is 0 Å². The Morgan fingerprint density at radius 2 is 1.76 bits per heavy atom. The Morgan fingerprint density at radius 1 is 1.06 bits per heavy atom. The first-order valence-electron chi connectivity index (χ1n) is 5.32. The van der Waals surface area contributed by atoms with Gasteiger partial charge in [-0.25, -0.2) is 0 Å². The van der Waals surface area contributed by atoms with Gasteiger partial charge in [0.05, 0.1) is 6.10 Å². The number of thiol groups is 1. The van der Waals surface area contributed by atoms with E-state index in [0.717, 1.165) is 10.8 Å². The van der Waals surface area contributed by atoms with Crippen molar-refractivity contribution in [2.75, 3.05) is 5.75 Å². The van der Waals surface area contributed by atoms with Crippen LogP contribution in [0.25, 0.3) is 10.8 Å². The van der Waals surface area contributed by atoms with Gasteiger partial charge in [-0.2, -0.15) is 12.6 Å². The molecule has 2 aromatic rings. The van der Waals surface area contributed by atoms with Gasteiger partial charge in [0.2, 0.25) is 0 Å². The van der Waals surface area contributed by atoms with Crippen LogP contribution in [-0.2, 0) is 0 Å². The van der Waals surface area contributed by atoms with Crippen LogP contribution in [0.2, 0.25) is 0 Å². The first-order chi connectivity index (χ1) is 8.15. The molecule has 0 spiro atoms. The van der Waals surface area contributed by atoms with Gasteiger partial charge in [-0.05, 0) is 16.8 Å². The van der Waals surface area contributed by atoms with Crippen LogP contribution in [0.3, 0.4) is 0 Å². The molecule has 0 amide bonds. The molecule has 17 heavy (non-hydrogen) atoms. The molecule has 0 aliphatic carbocycles. The van der Waals surface area contributed by atoms with Gasteiger partial charge in [0.1, 0.15) is 11.9 Å². The maximum atomic E-state index is 10.0. The summed E-state index contributed by atoms with van der Waals surface area (Å²) in [4.78, 5) is 0. The van der Waals surface area contributed by atoms with E-state index in [9.17, 15) is 15.3 Å². The summed E-state index contributed by atoms with van der Waals surface area (Å²) in [6.45, 7) is 0. The standard InChI is InChI=1S/C13H14O3S/c14-10-6-5-8-3-1-2-4-9(8)12(10)13(16)11(15)7-17/h1-6,11,13-17H,7H2. The third-order valence-corrected chi connectivity index (χ3v) is 3.17. The van der Waals surface area contributed by atoms with Crippen molar-refractivity contribution in [3.63, 3.8) is 0 Å². The monoisotopic (exact) mass is 250 g/mol. The zero-order valence-electron chi connectivity index (χ0n) is 9.11. The van der Waals surface area contributed by atoms with Crippen LogP contribution < -0.4 is 0 Å². The van der Waals surface area contributed by atoms with E-state index in [2.05, 4.69) is 12.6 Å². The fourth-order valence-electron chi connectivity index (χ4n) is 1.89. The van der Waals surface area contributed by atoms with Crippen LogP contribution in [0.4, 0.5) is 0 Å². The summed E-state index contributed by atoms with van der Waals surface area (Å²) in [6.07, 6.45) is -2.14. The highest BCUT2D eigenvalue weighted by Crippen LogP contribution is 2.33. The number of aromatic hydroxyl groups is 1. The summed E-state index contributed by atoms with van der Waals surface area (Å²) in [7, 11) is 0. The predicted molar refractivity (Wildman–Crippen MR) is 70.4 cm³/mol. The van der Waals surface area contributed by atoms with Crippen molar-refractivity contribution in [3.05, 3.63) is 42.0 Å². The molecule has 0 aromatic heterocycles. The molecular weight excluding hydrogens is 236 g/mol. The Hall–Kier alpha value is -1.23. The third-order valence-electron chi connectivity index (χ3n) is 2.79. The molecule has 0 fully saturated rings. The highest BCUT2D eigenvalue weighted by molar-refractivity contribution is 7.80. The molecule has 4 heteroatoms. The smallest absolute Gasteiger partial charge is 0.122 e. The Balaban J connectivity index is 2.62. The number of rotatable bonds is 3. The molecule has 0 aliphatic rings. The predicted octanol–water partition coefficient (Wildman–Crippen LogP) is 1.87. The molecule has 2 aromatic carbocycles. The van der Waals surface area contributed by atoms with E-state index in [1.54, 1.807) is 12.1 Å². The van der Waals surface area contributed by atoms with Crippen molar-refractivity contribution in [1.29, 1.82) is 0 Å². The fourth-order valence-corrected chi connectivity index (χ4v) is 2.09. The largest absolute Gasteiger partial charge is 0.508 e. The molecule has 0 bridgehead atoms. The van der Waals surface area contributed by atoms with Gasteiger partial charge in [0, 0.05) is 11.3 Å². The third kappa shape index (κ3) is 2.24. The van der Waals surface area contributed by atoms with Crippen molar-refractivity contribution in [1.82, 2.24) is 0 Å². The molecule has 0 saturated carbocycles. The Kier molecular flexibility index (Phi) is 3.57. The van der Waals surface area contributed by atoms with Gasteiger partial charge >= 0.3 is 0 Å². The van der Waals surface area contributed by atoms with Crippen molar-refractivity contribution >= 4 is 23.4 Å². The second-order valence-electron chi connectivity index (χ2n) is 3.91. The Bertz CT molecular complexity index is 527. The van der Waals surface area contributed by atoms with Crippen molar-refractivity contribution in [2.24, 2.45) is 0 Å². The summed E-state index contributed by atoms with van der Waals surface area (Å²) in [5.74, 6) is 0.112. The van der Waals surface area contributed by atoms with E-state index in [0.29, 0.717) is 5.56 Å². The lowest BCUT2D eigenvalue weighted by atomic mass is 9.97. The van der Waals surface area contributed by atoms with Crippen molar-refractivity contribution in [2.45, 2.75) is 12.2 Å². The SMILES string of the molecule is Oc1ccc2ccccc2c1C(O)C(O)CS. The number of fused-ring (bicyclic) bond motifs is 1.